The maximum atomic E-state index is 11.4. The van der Waals surface area contributed by atoms with E-state index >= 15 is 0 Å². The van der Waals surface area contributed by atoms with Crippen molar-refractivity contribution in [2.75, 3.05) is 6.54 Å². The van der Waals surface area contributed by atoms with Gasteiger partial charge in [-0.2, -0.15) is 26.3 Å². The lowest BCUT2D eigenvalue weighted by Crippen LogP contribution is -2.49. The molecule has 21 heavy (non-hydrogen) atoms. The minimum absolute atomic E-state index is 0.778. The molecule has 0 aromatic carbocycles. The fourth-order valence-electron chi connectivity index (χ4n) is 0.640. The molecule has 0 bridgehead atoms. The zero-order chi connectivity index (χ0) is 17.5. The molecule has 3 N–H and O–H groups in total. The van der Waals surface area contributed by atoms with Gasteiger partial charge in [0.05, 0.1) is 6.54 Å². The molecular formula is C7H14F6N2O4S2. The number of unbranched alkanes of at least 4 members (excludes halogenated alkanes) is 2. The Morgan fingerprint density at radius 1 is 0.857 bits per heavy atom. The second kappa shape index (κ2) is 8.14. The van der Waals surface area contributed by atoms with Crippen LogP contribution in [-0.4, -0.2) is 34.4 Å². The van der Waals surface area contributed by atoms with Gasteiger partial charge in [-0.25, -0.2) is 16.8 Å². The van der Waals surface area contributed by atoms with E-state index in [1.54, 1.807) is 0 Å². The summed E-state index contributed by atoms with van der Waals surface area (Å²) in [6.07, 6.45) is 3.97. The van der Waals surface area contributed by atoms with Crippen molar-refractivity contribution in [2.45, 2.75) is 37.2 Å². The molecule has 0 aliphatic rings. The number of quaternary nitrogens is 1. The minimum Gasteiger partial charge on any atom is -0.421 e. The SMILES string of the molecule is CCCCC[NH3+].O=S(=O)([N-]S(=O)(=O)C(F)(F)F)C(F)(F)F. The fourth-order valence-corrected chi connectivity index (χ4v) is 2.35. The van der Waals surface area contributed by atoms with E-state index in [0.717, 1.165) is 10.7 Å². The van der Waals surface area contributed by atoms with Crippen LogP contribution in [0.3, 0.4) is 0 Å². The Labute approximate surface area is 117 Å². The van der Waals surface area contributed by atoms with Gasteiger partial charge in [0.1, 0.15) is 0 Å². The lowest BCUT2D eigenvalue weighted by atomic mass is 10.3. The first kappa shape index (κ1) is 22.7. The first-order chi connectivity index (χ1) is 9.12. The fraction of sp³-hybridized carbons (Fsp3) is 1.00. The van der Waals surface area contributed by atoms with Crippen LogP contribution >= 0.6 is 0 Å². The van der Waals surface area contributed by atoms with E-state index in [1.165, 1.54) is 19.3 Å². The van der Waals surface area contributed by atoms with Gasteiger partial charge in [0.25, 0.3) is 0 Å². The molecule has 14 heteroatoms. The molecule has 0 atom stereocenters. The number of hydrogen-bond acceptors (Lipinski definition) is 4. The van der Waals surface area contributed by atoms with Crippen molar-refractivity contribution < 1.29 is 48.9 Å². The summed E-state index contributed by atoms with van der Waals surface area (Å²) >= 11 is 0. The molecule has 130 valence electrons. The van der Waals surface area contributed by atoms with E-state index < -0.39 is 31.1 Å². The van der Waals surface area contributed by atoms with Crippen LogP contribution in [0.5, 0.6) is 0 Å². The summed E-state index contributed by atoms with van der Waals surface area (Å²) in [6.45, 7) is 3.31. The quantitative estimate of drug-likeness (QED) is 0.585. The highest BCUT2D eigenvalue weighted by Gasteiger charge is 2.46. The van der Waals surface area contributed by atoms with E-state index in [-0.39, 0.29) is 0 Å². The smallest absolute Gasteiger partial charge is 0.421 e. The number of halogens is 6. The predicted molar refractivity (Wildman–Crippen MR) is 60.6 cm³/mol. The molecule has 0 heterocycles. The summed E-state index contributed by atoms with van der Waals surface area (Å²) in [4.78, 5) is 0. The lowest BCUT2D eigenvalue weighted by molar-refractivity contribution is -0.368. The normalized spacial score (nSPS) is 13.5. The number of hydrogen-bond donors (Lipinski definition) is 1. The molecule has 0 radical (unpaired) electrons. The van der Waals surface area contributed by atoms with Crippen LogP contribution in [0.25, 0.3) is 4.13 Å². The molecule has 0 saturated carbocycles. The molecule has 0 aromatic heterocycles. The van der Waals surface area contributed by atoms with Gasteiger partial charge < -0.3 is 9.86 Å². The zero-order valence-electron chi connectivity index (χ0n) is 10.7. The first-order valence-electron chi connectivity index (χ1n) is 5.28. The van der Waals surface area contributed by atoms with Crippen LogP contribution in [-0.2, 0) is 20.0 Å². The predicted octanol–water partition coefficient (Wildman–Crippen LogP) is 1.48. The zero-order valence-corrected chi connectivity index (χ0v) is 12.3. The van der Waals surface area contributed by atoms with Gasteiger partial charge in [0.2, 0.25) is 0 Å². The summed E-state index contributed by atoms with van der Waals surface area (Å²) in [6, 6.07) is 0. The van der Waals surface area contributed by atoms with Crippen molar-refractivity contribution in [2.24, 2.45) is 0 Å². The molecule has 0 rings (SSSR count). The largest absolute Gasteiger partial charge is 0.480 e. The highest BCUT2D eigenvalue weighted by atomic mass is 32.3. The van der Waals surface area contributed by atoms with Crippen molar-refractivity contribution in [3.8, 4) is 0 Å². The molecule has 0 amide bonds. The van der Waals surface area contributed by atoms with Crippen LogP contribution in [0, 0.1) is 0 Å². The standard InChI is InChI=1S/C5H13N.C2F6NO4S2/c1-2-3-4-5-6;3-1(4,5)14(10,11)9-15(12,13)2(6,7)8/h2-6H2,1H3;/q;-1/p+1. The van der Waals surface area contributed by atoms with Gasteiger partial charge in [0.15, 0.2) is 20.0 Å². The molecule has 0 aliphatic heterocycles. The van der Waals surface area contributed by atoms with Crippen LogP contribution in [0.15, 0.2) is 0 Å². The third kappa shape index (κ3) is 8.43. The summed E-state index contributed by atoms with van der Waals surface area (Å²) < 4.78 is 109. The summed E-state index contributed by atoms with van der Waals surface area (Å²) in [5.74, 6) is 0. The Morgan fingerprint density at radius 2 is 1.19 bits per heavy atom. The average molecular weight is 368 g/mol. The molecule has 0 aromatic rings. The van der Waals surface area contributed by atoms with E-state index in [4.69, 9.17) is 0 Å². The topological polar surface area (TPSA) is 110 Å². The first-order valence-corrected chi connectivity index (χ1v) is 8.16. The number of sulfonamides is 2. The second-order valence-electron chi connectivity index (χ2n) is 3.48. The Morgan fingerprint density at radius 3 is 1.33 bits per heavy atom. The molecule has 0 spiro atoms. The molecule has 0 saturated heterocycles. The maximum absolute atomic E-state index is 11.4. The van der Waals surface area contributed by atoms with Crippen molar-refractivity contribution in [3.05, 3.63) is 4.13 Å². The van der Waals surface area contributed by atoms with E-state index in [0.29, 0.717) is 0 Å². The van der Waals surface area contributed by atoms with Gasteiger partial charge in [-0.15, -0.1) is 0 Å². The summed E-state index contributed by atoms with van der Waals surface area (Å²) in [7, 11) is -13.4. The van der Waals surface area contributed by atoms with Gasteiger partial charge in [0, 0.05) is 0 Å². The highest BCUT2D eigenvalue weighted by molar-refractivity contribution is 8.13. The average Bonchev–Trinajstić information content (AvgIpc) is 2.22. The van der Waals surface area contributed by atoms with Crippen molar-refractivity contribution in [1.82, 2.24) is 0 Å². The van der Waals surface area contributed by atoms with Crippen LogP contribution in [0.4, 0.5) is 26.3 Å². The second-order valence-corrected chi connectivity index (χ2v) is 6.90. The Kier molecular flexibility index (Phi) is 8.79. The molecule has 0 aliphatic carbocycles. The lowest BCUT2D eigenvalue weighted by Gasteiger charge is -2.22. The van der Waals surface area contributed by atoms with Crippen LogP contribution < -0.4 is 5.73 Å². The Bertz CT molecular complexity index is 450. The van der Waals surface area contributed by atoms with Gasteiger partial charge in [-0.3, -0.25) is 0 Å². The third-order valence-electron chi connectivity index (χ3n) is 1.63. The van der Waals surface area contributed by atoms with Gasteiger partial charge in [-0.1, -0.05) is 13.3 Å². The van der Waals surface area contributed by atoms with Gasteiger partial charge in [-0.05, 0) is 12.8 Å². The number of nitrogens with zero attached hydrogens (tertiary/aromatic N) is 1. The highest BCUT2D eigenvalue weighted by Crippen LogP contribution is 2.36. The van der Waals surface area contributed by atoms with E-state index in [2.05, 4.69) is 12.7 Å². The Hall–Kier alpha value is -0.600. The molecule has 0 fully saturated rings. The summed E-state index contributed by atoms with van der Waals surface area (Å²) in [5.41, 5.74) is -8.68. The third-order valence-corrected chi connectivity index (χ3v) is 4.37. The van der Waals surface area contributed by atoms with E-state index in [1.807, 2.05) is 0 Å². The number of rotatable bonds is 5. The monoisotopic (exact) mass is 368 g/mol. The summed E-state index contributed by atoms with van der Waals surface area (Å²) in [5, 5.41) is 0. The van der Waals surface area contributed by atoms with Gasteiger partial charge >= 0.3 is 11.0 Å². The van der Waals surface area contributed by atoms with Crippen LogP contribution in [0.1, 0.15) is 26.2 Å². The Balaban J connectivity index is 0. The maximum Gasteiger partial charge on any atom is 0.480 e. The van der Waals surface area contributed by atoms with E-state index in [9.17, 15) is 43.2 Å². The van der Waals surface area contributed by atoms with Crippen molar-refractivity contribution >= 4 is 20.0 Å². The van der Waals surface area contributed by atoms with Crippen molar-refractivity contribution in [1.29, 1.82) is 0 Å². The molecule has 6 nitrogen and oxygen atoms in total. The molecule has 0 unspecified atom stereocenters. The van der Waals surface area contributed by atoms with Crippen LogP contribution in [0.2, 0.25) is 0 Å². The number of alkyl halides is 6. The van der Waals surface area contributed by atoms with Crippen molar-refractivity contribution in [3.63, 3.8) is 0 Å². The minimum atomic E-state index is -6.72. The molecular weight excluding hydrogens is 354 g/mol.